The first kappa shape index (κ1) is 28.8. The fraction of sp³-hybridized carbons (Fsp3) is 0.562. The Hall–Kier alpha value is -3.22. The summed E-state index contributed by atoms with van der Waals surface area (Å²) >= 11 is 0. The van der Waals surface area contributed by atoms with Gasteiger partial charge in [-0.3, -0.25) is 4.79 Å². The van der Waals surface area contributed by atoms with Crippen LogP contribution in [0.1, 0.15) is 86.3 Å². The number of carbonyl (C=O) groups excluding carboxylic acids is 2. The molecule has 1 saturated carbocycles. The Morgan fingerprint density at radius 3 is 2.28 bits per heavy atom. The minimum absolute atomic E-state index is 0.0657. The van der Waals surface area contributed by atoms with Crippen LogP contribution in [0.5, 0.6) is 17.2 Å². The summed E-state index contributed by atoms with van der Waals surface area (Å²) in [5.41, 5.74) is 2.66. The van der Waals surface area contributed by atoms with Crippen molar-refractivity contribution in [2.75, 3.05) is 34.0 Å². The molecular weight excluding hydrogens is 494 g/mol. The van der Waals surface area contributed by atoms with Gasteiger partial charge < -0.3 is 23.8 Å². The van der Waals surface area contributed by atoms with Gasteiger partial charge >= 0.3 is 5.97 Å². The Morgan fingerprint density at radius 2 is 1.64 bits per heavy atom. The van der Waals surface area contributed by atoms with Gasteiger partial charge in [-0.15, -0.1) is 0 Å². The Kier molecular flexibility index (Phi) is 10.1. The summed E-state index contributed by atoms with van der Waals surface area (Å²) in [6, 6.07) is 10.7. The zero-order valence-electron chi connectivity index (χ0n) is 23.9. The molecule has 0 aromatic heterocycles. The van der Waals surface area contributed by atoms with Gasteiger partial charge in [-0.1, -0.05) is 26.2 Å². The first-order valence-electron chi connectivity index (χ1n) is 14.4. The van der Waals surface area contributed by atoms with Gasteiger partial charge in [0.2, 0.25) is 5.91 Å². The highest BCUT2D eigenvalue weighted by molar-refractivity contribution is 5.89. The second-order valence-corrected chi connectivity index (χ2v) is 10.6. The monoisotopic (exact) mass is 537 g/mol. The van der Waals surface area contributed by atoms with Crippen LogP contribution in [0.25, 0.3) is 0 Å². The van der Waals surface area contributed by atoms with E-state index in [2.05, 4.69) is 6.92 Å². The Labute approximate surface area is 232 Å². The van der Waals surface area contributed by atoms with Crippen molar-refractivity contribution >= 4 is 11.9 Å². The van der Waals surface area contributed by atoms with Crippen molar-refractivity contribution in [3.8, 4) is 17.2 Å². The highest BCUT2D eigenvalue weighted by Gasteiger charge is 2.37. The largest absolute Gasteiger partial charge is 0.493 e. The van der Waals surface area contributed by atoms with Crippen molar-refractivity contribution in [2.24, 2.45) is 11.8 Å². The molecule has 4 rings (SSSR count). The first-order valence-corrected chi connectivity index (χ1v) is 14.4. The van der Waals surface area contributed by atoms with Gasteiger partial charge in [0, 0.05) is 12.5 Å². The molecule has 39 heavy (non-hydrogen) atoms. The Bertz CT molecular complexity index is 1110. The van der Waals surface area contributed by atoms with Gasteiger partial charge in [0.1, 0.15) is 12.4 Å². The summed E-state index contributed by atoms with van der Waals surface area (Å²) < 4.78 is 22.5. The van der Waals surface area contributed by atoms with Crippen LogP contribution in [-0.2, 0) is 16.0 Å². The number of unbranched alkanes of at least 4 members (excludes halogenated alkanes) is 1. The summed E-state index contributed by atoms with van der Waals surface area (Å²) in [7, 11) is 3.27. The number of nitrogens with zero attached hydrogens (tertiary/aromatic N) is 1. The van der Waals surface area contributed by atoms with Crippen LogP contribution in [0.15, 0.2) is 36.4 Å². The molecule has 2 aromatic rings. The highest BCUT2D eigenvalue weighted by atomic mass is 16.5. The van der Waals surface area contributed by atoms with E-state index in [1.807, 2.05) is 17.0 Å². The summed E-state index contributed by atoms with van der Waals surface area (Å²) in [6.45, 7) is 5.31. The summed E-state index contributed by atoms with van der Waals surface area (Å²) in [5, 5.41) is 0. The quantitative estimate of drug-likeness (QED) is 0.310. The van der Waals surface area contributed by atoms with Gasteiger partial charge in [0.05, 0.1) is 32.4 Å². The van der Waals surface area contributed by atoms with Gasteiger partial charge in [-0.05, 0) is 92.5 Å². The fourth-order valence-electron chi connectivity index (χ4n) is 5.97. The second kappa shape index (κ2) is 13.7. The van der Waals surface area contributed by atoms with Crippen molar-refractivity contribution < 1.29 is 28.5 Å². The minimum Gasteiger partial charge on any atom is -0.493 e. The summed E-state index contributed by atoms with van der Waals surface area (Å²) in [5.74, 6) is 2.67. The van der Waals surface area contributed by atoms with E-state index in [9.17, 15) is 9.59 Å². The van der Waals surface area contributed by atoms with Crippen LogP contribution in [0, 0.1) is 11.8 Å². The predicted octanol–water partition coefficient (Wildman–Crippen LogP) is 6.38. The molecule has 2 aromatic carbocycles. The molecule has 212 valence electrons. The van der Waals surface area contributed by atoms with Crippen molar-refractivity contribution in [1.82, 2.24) is 4.90 Å². The van der Waals surface area contributed by atoms with E-state index in [1.54, 1.807) is 45.4 Å². The molecule has 0 saturated heterocycles. The molecular formula is C32H43NO6. The molecule has 1 unspecified atom stereocenters. The summed E-state index contributed by atoms with van der Waals surface area (Å²) in [6.07, 6.45) is 8.75. The molecule has 0 spiro atoms. The zero-order valence-corrected chi connectivity index (χ0v) is 23.9. The molecule has 0 radical (unpaired) electrons. The molecule has 1 atom stereocenters. The molecule has 2 aliphatic rings. The third-order valence-electron chi connectivity index (χ3n) is 8.22. The van der Waals surface area contributed by atoms with Crippen LogP contribution < -0.4 is 14.2 Å². The highest BCUT2D eigenvalue weighted by Crippen LogP contribution is 2.40. The lowest BCUT2D eigenvalue weighted by Gasteiger charge is -2.40. The standard InChI is InChI=1S/C32H43NO6/c1-5-7-8-22-9-11-23(12-10-22)31(34)33-18-17-25-19-29(36-3)30(37-4)20-27(25)28(33)21-39-26-15-13-24(14-16-26)32(35)38-6-2/h13-16,19-20,22-23,28H,5-12,17-18,21H2,1-4H3. The number of benzene rings is 2. The van der Waals surface area contributed by atoms with Crippen LogP contribution in [0.2, 0.25) is 0 Å². The zero-order chi connectivity index (χ0) is 27.8. The molecule has 0 N–H and O–H groups in total. The average Bonchev–Trinajstić information content (AvgIpc) is 2.98. The number of amides is 1. The van der Waals surface area contributed by atoms with Gasteiger partial charge in [-0.2, -0.15) is 0 Å². The van der Waals surface area contributed by atoms with Crippen molar-refractivity contribution in [1.29, 1.82) is 0 Å². The maximum absolute atomic E-state index is 13.9. The third kappa shape index (κ3) is 6.87. The normalized spacial score (nSPS) is 20.6. The SMILES string of the molecule is CCCCC1CCC(C(=O)N2CCc3cc(OC)c(OC)cc3C2COc2ccc(C(=O)OCC)cc2)CC1. The number of rotatable bonds is 11. The van der Waals surface area contributed by atoms with Gasteiger partial charge in [0.25, 0.3) is 0 Å². The van der Waals surface area contributed by atoms with Gasteiger partial charge in [0.15, 0.2) is 11.5 Å². The number of fused-ring (bicyclic) bond motifs is 1. The Balaban J connectivity index is 1.54. The number of hydrogen-bond donors (Lipinski definition) is 0. The first-order chi connectivity index (χ1) is 19.0. The fourth-order valence-corrected chi connectivity index (χ4v) is 5.97. The number of methoxy groups -OCH3 is 2. The number of hydrogen-bond acceptors (Lipinski definition) is 6. The van der Waals surface area contributed by atoms with E-state index >= 15 is 0 Å². The van der Waals surface area contributed by atoms with Crippen LogP contribution in [0.4, 0.5) is 0 Å². The maximum atomic E-state index is 13.9. The van der Waals surface area contributed by atoms with Crippen LogP contribution in [-0.4, -0.2) is 50.8 Å². The Morgan fingerprint density at radius 1 is 0.949 bits per heavy atom. The number of ether oxygens (including phenoxy) is 4. The second-order valence-electron chi connectivity index (χ2n) is 10.6. The van der Waals surface area contributed by atoms with Crippen LogP contribution >= 0.6 is 0 Å². The lowest BCUT2D eigenvalue weighted by atomic mass is 9.78. The molecule has 1 heterocycles. The topological polar surface area (TPSA) is 74.3 Å². The molecule has 0 bridgehead atoms. The van der Waals surface area contributed by atoms with Gasteiger partial charge in [-0.25, -0.2) is 4.79 Å². The smallest absolute Gasteiger partial charge is 0.338 e. The lowest BCUT2D eigenvalue weighted by molar-refractivity contribution is -0.140. The summed E-state index contributed by atoms with van der Waals surface area (Å²) in [4.78, 5) is 28.0. The minimum atomic E-state index is -0.354. The molecule has 7 nitrogen and oxygen atoms in total. The molecule has 1 fully saturated rings. The molecule has 1 amide bonds. The van der Waals surface area contributed by atoms with E-state index in [0.717, 1.165) is 49.1 Å². The molecule has 1 aliphatic heterocycles. The van der Waals surface area contributed by atoms with E-state index in [4.69, 9.17) is 18.9 Å². The van der Waals surface area contributed by atoms with E-state index in [0.29, 0.717) is 42.6 Å². The number of esters is 1. The van der Waals surface area contributed by atoms with E-state index in [-0.39, 0.29) is 23.8 Å². The maximum Gasteiger partial charge on any atom is 0.338 e. The lowest BCUT2D eigenvalue weighted by Crippen LogP contribution is -2.46. The molecule has 1 aliphatic carbocycles. The van der Waals surface area contributed by atoms with E-state index < -0.39 is 0 Å². The van der Waals surface area contributed by atoms with Crippen LogP contribution in [0.3, 0.4) is 0 Å². The molecule has 7 heteroatoms. The predicted molar refractivity (Wildman–Crippen MR) is 151 cm³/mol. The van der Waals surface area contributed by atoms with Crippen molar-refractivity contribution in [3.05, 3.63) is 53.1 Å². The van der Waals surface area contributed by atoms with E-state index in [1.165, 1.54) is 19.3 Å². The van der Waals surface area contributed by atoms with Crippen molar-refractivity contribution in [2.45, 2.75) is 71.3 Å². The van der Waals surface area contributed by atoms with Crippen molar-refractivity contribution in [3.63, 3.8) is 0 Å². The number of carbonyl (C=O) groups is 2. The average molecular weight is 538 g/mol. The third-order valence-corrected chi connectivity index (χ3v) is 8.22.